The predicted molar refractivity (Wildman–Crippen MR) is 123 cm³/mol. The Hall–Kier alpha value is -3.51. The van der Waals surface area contributed by atoms with Crippen molar-refractivity contribution in [2.45, 2.75) is 6.92 Å². The number of nitrogens with one attached hydrogen (secondary N) is 1. The Morgan fingerprint density at radius 1 is 0.867 bits per heavy atom. The highest BCUT2D eigenvalue weighted by Crippen LogP contribution is 2.28. The van der Waals surface area contributed by atoms with E-state index in [2.05, 4.69) is 26.1 Å². The molecule has 5 rings (SSSR count). The van der Waals surface area contributed by atoms with E-state index >= 15 is 0 Å². The summed E-state index contributed by atoms with van der Waals surface area (Å²) in [7, 11) is 0. The predicted octanol–water partition coefficient (Wildman–Crippen LogP) is 5.51. The second-order valence-electron chi connectivity index (χ2n) is 7.08. The third-order valence-electron chi connectivity index (χ3n) is 5.03. The minimum absolute atomic E-state index is 0.187. The number of nitrogens with zero attached hydrogens (tertiary/aromatic N) is 3. The molecule has 0 aliphatic rings. The van der Waals surface area contributed by atoms with Crippen molar-refractivity contribution in [3.05, 3.63) is 99.3 Å². The molecule has 0 radical (unpaired) electrons. The minimum Gasteiger partial charge on any atom is -0.270 e. The Labute approximate surface area is 181 Å². The van der Waals surface area contributed by atoms with Crippen LogP contribution in [0.25, 0.3) is 39.4 Å². The highest BCUT2D eigenvalue weighted by molar-refractivity contribution is 9.10. The number of H-pyrrole nitrogens is 1. The zero-order chi connectivity index (χ0) is 20.7. The second-order valence-corrected chi connectivity index (χ2v) is 8.00. The number of fused-ring (bicyclic) bond motifs is 1. The van der Waals surface area contributed by atoms with Crippen LogP contribution in [0.3, 0.4) is 0 Å². The summed E-state index contributed by atoms with van der Waals surface area (Å²) in [5.41, 5.74) is 5.08. The maximum absolute atomic E-state index is 13.6. The molecular formula is C24H17BrN4O. The molecule has 6 heteroatoms. The van der Waals surface area contributed by atoms with Gasteiger partial charge in [0.25, 0.3) is 5.56 Å². The van der Waals surface area contributed by atoms with Crippen LogP contribution in [0.15, 0.2) is 88.1 Å². The summed E-state index contributed by atoms with van der Waals surface area (Å²) in [6.45, 7) is 2.03. The van der Waals surface area contributed by atoms with Crippen LogP contribution < -0.4 is 5.56 Å². The van der Waals surface area contributed by atoms with Gasteiger partial charge in [0, 0.05) is 15.6 Å². The SMILES string of the molecule is Cc1ccc(-c2nc3c(-c4ccccc4)n[nH]c3c(=O)n2-c2ccc(Br)cc2)cc1. The molecule has 3 aromatic carbocycles. The van der Waals surface area contributed by atoms with Crippen molar-refractivity contribution in [2.75, 3.05) is 0 Å². The van der Waals surface area contributed by atoms with E-state index in [0.29, 0.717) is 22.6 Å². The maximum atomic E-state index is 13.6. The van der Waals surface area contributed by atoms with Gasteiger partial charge in [0.2, 0.25) is 0 Å². The first-order valence-corrected chi connectivity index (χ1v) is 10.3. The molecule has 146 valence electrons. The molecule has 2 aromatic heterocycles. The Kier molecular flexibility index (Phi) is 4.56. The molecule has 2 heterocycles. The van der Waals surface area contributed by atoms with Crippen molar-refractivity contribution in [3.8, 4) is 28.3 Å². The van der Waals surface area contributed by atoms with Gasteiger partial charge >= 0.3 is 0 Å². The third kappa shape index (κ3) is 3.15. The zero-order valence-corrected chi connectivity index (χ0v) is 17.7. The van der Waals surface area contributed by atoms with Crippen molar-refractivity contribution in [3.63, 3.8) is 0 Å². The van der Waals surface area contributed by atoms with Crippen LogP contribution >= 0.6 is 15.9 Å². The van der Waals surface area contributed by atoms with E-state index in [9.17, 15) is 4.79 Å². The summed E-state index contributed by atoms with van der Waals surface area (Å²) in [5, 5.41) is 7.33. The van der Waals surface area contributed by atoms with Crippen LogP contribution in [0, 0.1) is 6.92 Å². The molecule has 5 aromatic rings. The van der Waals surface area contributed by atoms with E-state index in [1.54, 1.807) is 4.57 Å². The summed E-state index contributed by atoms with van der Waals surface area (Å²) < 4.78 is 2.57. The first-order valence-electron chi connectivity index (χ1n) is 9.51. The van der Waals surface area contributed by atoms with Gasteiger partial charge in [0.1, 0.15) is 17.0 Å². The van der Waals surface area contributed by atoms with Crippen LogP contribution in [0.5, 0.6) is 0 Å². The number of benzene rings is 3. The van der Waals surface area contributed by atoms with E-state index in [1.807, 2.05) is 85.8 Å². The summed E-state index contributed by atoms with van der Waals surface area (Å²) in [6.07, 6.45) is 0. The van der Waals surface area contributed by atoms with Gasteiger partial charge in [-0.3, -0.25) is 14.5 Å². The highest BCUT2D eigenvalue weighted by atomic mass is 79.9. The fourth-order valence-corrected chi connectivity index (χ4v) is 3.75. The third-order valence-corrected chi connectivity index (χ3v) is 5.56. The summed E-state index contributed by atoms with van der Waals surface area (Å²) in [4.78, 5) is 18.5. The number of hydrogen-bond donors (Lipinski definition) is 1. The lowest BCUT2D eigenvalue weighted by atomic mass is 10.1. The highest BCUT2D eigenvalue weighted by Gasteiger charge is 2.19. The van der Waals surface area contributed by atoms with Gasteiger partial charge in [-0.15, -0.1) is 0 Å². The van der Waals surface area contributed by atoms with Gasteiger partial charge in [-0.05, 0) is 31.2 Å². The molecule has 0 fully saturated rings. The number of aromatic nitrogens is 4. The summed E-state index contributed by atoms with van der Waals surface area (Å²) in [6, 6.07) is 25.4. The fraction of sp³-hybridized carbons (Fsp3) is 0.0417. The Morgan fingerprint density at radius 2 is 1.57 bits per heavy atom. The van der Waals surface area contributed by atoms with Crippen molar-refractivity contribution in [1.29, 1.82) is 0 Å². The average Bonchev–Trinajstić information content (AvgIpc) is 3.20. The normalized spacial score (nSPS) is 11.1. The standard InChI is InChI=1S/C24H17BrN4O/c1-15-7-9-17(10-8-15)23-26-21-20(16-5-3-2-4-6-16)27-28-22(21)24(30)29(23)19-13-11-18(25)12-14-19/h2-14H,1H3,(H,27,28). The van der Waals surface area contributed by atoms with Crippen LogP contribution in [0.2, 0.25) is 0 Å². The van der Waals surface area contributed by atoms with E-state index in [1.165, 1.54) is 0 Å². The molecule has 0 amide bonds. The molecule has 0 unspecified atom stereocenters. The van der Waals surface area contributed by atoms with Gasteiger partial charge < -0.3 is 0 Å². The van der Waals surface area contributed by atoms with E-state index in [0.717, 1.165) is 26.9 Å². The van der Waals surface area contributed by atoms with Gasteiger partial charge in [-0.1, -0.05) is 76.1 Å². The van der Waals surface area contributed by atoms with Gasteiger partial charge in [0.15, 0.2) is 5.52 Å². The number of aromatic amines is 1. The van der Waals surface area contributed by atoms with Gasteiger partial charge in [-0.25, -0.2) is 4.98 Å². The minimum atomic E-state index is -0.187. The van der Waals surface area contributed by atoms with E-state index in [4.69, 9.17) is 4.98 Å². The van der Waals surface area contributed by atoms with Crippen molar-refractivity contribution < 1.29 is 0 Å². The Morgan fingerprint density at radius 3 is 2.27 bits per heavy atom. The van der Waals surface area contributed by atoms with Crippen molar-refractivity contribution >= 4 is 27.0 Å². The average molecular weight is 457 g/mol. The van der Waals surface area contributed by atoms with Crippen molar-refractivity contribution in [1.82, 2.24) is 19.7 Å². The molecule has 0 aliphatic heterocycles. The molecule has 0 atom stereocenters. The molecule has 0 spiro atoms. The molecular weight excluding hydrogens is 440 g/mol. The van der Waals surface area contributed by atoms with Crippen LogP contribution in [-0.4, -0.2) is 19.7 Å². The molecule has 5 nitrogen and oxygen atoms in total. The quantitative estimate of drug-likeness (QED) is 0.389. The van der Waals surface area contributed by atoms with E-state index < -0.39 is 0 Å². The van der Waals surface area contributed by atoms with Crippen molar-refractivity contribution in [2.24, 2.45) is 0 Å². The smallest absolute Gasteiger partial charge is 0.270 e. The van der Waals surface area contributed by atoms with Gasteiger partial charge in [-0.2, -0.15) is 5.10 Å². The second kappa shape index (κ2) is 7.39. The lowest BCUT2D eigenvalue weighted by Crippen LogP contribution is -2.22. The monoisotopic (exact) mass is 456 g/mol. The molecule has 0 aliphatic carbocycles. The fourth-order valence-electron chi connectivity index (χ4n) is 3.48. The van der Waals surface area contributed by atoms with Crippen LogP contribution in [-0.2, 0) is 0 Å². The lowest BCUT2D eigenvalue weighted by Gasteiger charge is -2.13. The van der Waals surface area contributed by atoms with E-state index in [-0.39, 0.29) is 5.56 Å². The van der Waals surface area contributed by atoms with Crippen LogP contribution in [0.1, 0.15) is 5.56 Å². The number of aryl methyl sites for hydroxylation is 1. The van der Waals surface area contributed by atoms with Crippen LogP contribution in [0.4, 0.5) is 0 Å². The van der Waals surface area contributed by atoms with Gasteiger partial charge in [0.05, 0.1) is 5.69 Å². The Balaban J connectivity index is 1.85. The maximum Gasteiger partial charge on any atom is 0.284 e. The lowest BCUT2D eigenvalue weighted by molar-refractivity contribution is 0.967. The zero-order valence-electron chi connectivity index (χ0n) is 16.1. The molecule has 0 saturated carbocycles. The first kappa shape index (κ1) is 18.5. The molecule has 0 saturated heterocycles. The number of rotatable bonds is 3. The first-order chi connectivity index (χ1) is 14.6. The topological polar surface area (TPSA) is 63.6 Å². The molecule has 30 heavy (non-hydrogen) atoms. The number of halogens is 1. The summed E-state index contributed by atoms with van der Waals surface area (Å²) >= 11 is 3.46. The summed E-state index contributed by atoms with van der Waals surface area (Å²) in [5.74, 6) is 0.577. The number of hydrogen-bond acceptors (Lipinski definition) is 3. The Bertz CT molecular complexity index is 1400. The molecule has 0 bridgehead atoms. The molecule has 1 N–H and O–H groups in total. The largest absolute Gasteiger partial charge is 0.284 e.